The van der Waals surface area contributed by atoms with Gasteiger partial charge in [-0.15, -0.1) is 0 Å². The molecule has 1 fully saturated rings. The van der Waals surface area contributed by atoms with Gasteiger partial charge in [-0.05, 0) is 55.1 Å². The Morgan fingerprint density at radius 1 is 1.17 bits per heavy atom. The van der Waals surface area contributed by atoms with E-state index >= 15 is 0 Å². The van der Waals surface area contributed by atoms with Gasteiger partial charge in [-0.25, -0.2) is 0 Å². The quantitative estimate of drug-likeness (QED) is 0.472. The molecule has 4 unspecified atom stereocenters. The molecule has 0 spiro atoms. The summed E-state index contributed by atoms with van der Waals surface area (Å²) in [7, 11) is 0. The lowest BCUT2D eigenvalue weighted by molar-refractivity contribution is 0.108. The van der Waals surface area contributed by atoms with E-state index in [9.17, 15) is 0 Å². The number of rotatable bonds is 4. The number of allylic oxidation sites excluding steroid dienone is 10. The van der Waals surface area contributed by atoms with Crippen LogP contribution in [-0.4, -0.2) is 0 Å². The molecule has 132 valence electrons. The van der Waals surface area contributed by atoms with Crippen LogP contribution >= 0.6 is 0 Å². The molecule has 0 aromatic heterocycles. The van der Waals surface area contributed by atoms with E-state index < -0.39 is 0 Å². The minimum absolute atomic E-state index is 0.315. The molecule has 0 radical (unpaired) electrons. The van der Waals surface area contributed by atoms with Crippen molar-refractivity contribution in [3.05, 3.63) is 59.3 Å². The fourth-order valence-corrected chi connectivity index (χ4v) is 4.55. The number of unbranched alkanes of at least 4 members (excludes halogenated alkanes) is 2. The van der Waals surface area contributed by atoms with Gasteiger partial charge < -0.3 is 0 Å². The second kappa shape index (κ2) is 8.19. The van der Waals surface area contributed by atoms with E-state index in [1.54, 1.807) is 11.1 Å². The van der Waals surface area contributed by atoms with E-state index in [0.29, 0.717) is 23.2 Å². The van der Waals surface area contributed by atoms with E-state index in [0.717, 1.165) is 0 Å². The third-order valence-corrected chi connectivity index (χ3v) is 6.54. The molecular formula is C24H36. The Hall–Kier alpha value is -1.30. The van der Waals surface area contributed by atoms with Crippen molar-refractivity contribution < 1.29 is 0 Å². The first-order valence-electron chi connectivity index (χ1n) is 9.89. The van der Waals surface area contributed by atoms with Crippen molar-refractivity contribution in [3.8, 4) is 0 Å². The molecule has 0 bridgehead atoms. The highest BCUT2D eigenvalue weighted by Gasteiger charge is 2.47. The summed E-state index contributed by atoms with van der Waals surface area (Å²) in [5, 5.41) is 0. The van der Waals surface area contributed by atoms with Crippen molar-refractivity contribution in [1.82, 2.24) is 0 Å². The molecule has 1 saturated carbocycles. The summed E-state index contributed by atoms with van der Waals surface area (Å²) in [4.78, 5) is 0. The second-order valence-corrected chi connectivity index (χ2v) is 7.83. The maximum Gasteiger partial charge on any atom is 0.00890 e. The summed E-state index contributed by atoms with van der Waals surface area (Å²) in [6, 6.07) is 0. The molecule has 0 aromatic carbocycles. The summed E-state index contributed by atoms with van der Waals surface area (Å²) >= 11 is 0. The van der Waals surface area contributed by atoms with Gasteiger partial charge >= 0.3 is 0 Å². The first kappa shape index (κ1) is 19.0. The maximum atomic E-state index is 2.55. The molecule has 2 aliphatic carbocycles. The summed E-state index contributed by atoms with van der Waals surface area (Å²) in [6.07, 6.45) is 21.7. The van der Waals surface area contributed by atoms with Crippen molar-refractivity contribution in [1.29, 1.82) is 0 Å². The molecular weight excluding hydrogens is 288 g/mol. The lowest BCUT2D eigenvalue weighted by atomic mass is 9.53. The number of hydrogen-bond donors (Lipinski definition) is 0. The predicted octanol–water partition coefficient (Wildman–Crippen LogP) is 7.42. The van der Waals surface area contributed by atoms with Crippen LogP contribution in [0.1, 0.15) is 67.2 Å². The van der Waals surface area contributed by atoms with E-state index in [1.807, 2.05) is 0 Å². The van der Waals surface area contributed by atoms with Crippen molar-refractivity contribution in [3.63, 3.8) is 0 Å². The molecule has 0 N–H and O–H groups in total. The topological polar surface area (TPSA) is 0 Å². The smallest absolute Gasteiger partial charge is 0.00890 e. The third-order valence-electron chi connectivity index (χ3n) is 6.54. The van der Waals surface area contributed by atoms with E-state index in [4.69, 9.17) is 0 Å². The van der Waals surface area contributed by atoms with Crippen LogP contribution in [0.4, 0.5) is 0 Å². The molecule has 0 amide bonds. The Kier molecular flexibility index (Phi) is 6.49. The predicted molar refractivity (Wildman–Crippen MR) is 108 cm³/mol. The van der Waals surface area contributed by atoms with Crippen LogP contribution in [0.25, 0.3) is 0 Å². The van der Waals surface area contributed by atoms with Gasteiger partial charge in [0.05, 0.1) is 0 Å². The Morgan fingerprint density at radius 3 is 2.54 bits per heavy atom. The highest BCUT2D eigenvalue weighted by Crippen LogP contribution is 2.56. The fourth-order valence-electron chi connectivity index (χ4n) is 4.55. The van der Waals surface area contributed by atoms with Gasteiger partial charge in [0.2, 0.25) is 0 Å². The molecule has 24 heavy (non-hydrogen) atoms. The standard InChI is InChI=1S/C24H36/c1-7-10-11-14-21-19(5)24(6,9-3)23-15-12-13-18(4)16-17-22(23)20(21)8-2/h8,12-17,19,22-23H,7,9-11H2,1-6H3. The molecule has 0 nitrogen and oxygen atoms in total. The zero-order chi connectivity index (χ0) is 17.7. The van der Waals surface area contributed by atoms with Gasteiger partial charge in [0.1, 0.15) is 0 Å². The Labute approximate surface area is 150 Å². The monoisotopic (exact) mass is 324 g/mol. The molecule has 0 aromatic rings. The third kappa shape index (κ3) is 3.53. The largest absolute Gasteiger partial charge is 0.0835 e. The van der Waals surface area contributed by atoms with Gasteiger partial charge in [0, 0.05) is 5.92 Å². The van der Waals surface area contributed by atoms with Gasteiger partial charge in [0.25, 0.3) is 0 Å². The van der Waals surface area contributed by atoms with Gasteiger partial charge in [-0.1, -0.05) is 88.6 Å². The molecule has 2 aliphatic rings. The van der Waals surface area contributed by atoms with Gasteiger partial charge in [0.15, 0.2) is 0 Å². The van der Waals surface area contributed by atoms with Crippen molar-refractivity contribution in [2.45, 2.75) is 67.2 Å². The molecule has 2 rings (SSSR count). The minimum Gasteiger partial charge on any atom is -0.0835 e. The first-order chi connectivity index (χ1) is 11.5. The molecule has 0 heteroatoms. The van der Waals surface area contributed by atoms with Crippen molar-refractivity contribution >= 4 is 0 Å². The number of fused-ring (bicyclic) bond motifs is 1. The lowest BCUT2D eigenvalue weighted by Crippen LogP contribution is -2.43. The summed E-state index contributed by atoms with van der Waals surface area (Å²) in [5.74, 6) is 1.69. The highest BCUT2D eigenvalue weighted by atomic mass is 14.5. The zero-order valence-electron chi connectivity index (χ0n) is 16.6. The Balaban J connectivity index is 2.54. The van der Waals surface area contributed by atoms with Crippen LogP contribution in [-0.2, 0) is 0 Å². The Bertz CT molecular complexity index is 581. The highest BCUT2D eigenvalue weighted by molar-refractivity contribution is 5.45. The second-order valence-electron chi connectivity index (χ2n) is 7.83. The first-order valence-corrected chi connectivity index (χ1v) is 9.89. The summed E-state index contributed by atoms with van der Waals surface area (Å²) in [6.45, 7) is 14.0. The molecule has 0 aliphatic heterocycles. The molecule has 0 heterocycles. The average Bonchev–Trinajstić information content (AvgIpc) is 2.57. The maximum absolute atomic E-state index is 2.55. The van der Waals surface area contributed by atoms with Crippen LogP contribution in [0.5, 0.6) is 0 Å². The zero-order valence-corrected chi connectivity index (χ0v) is 16.6. The van der Waals surface area contributed by atoms with Crippen LogP contribution in [0, 0.1) is 23.2 Å². The fraction of sp³-hybridized carbons (Fsp3) is 0.583. The normalized spacial score (nSPS) is 36.4. The van der Waals surface area contributed by atoms with Crippen LogP contribution in [0.15, 0.2) is 59.3 Å². The van der Waals surface area contributed by atoms with Crippen LogP contribution < -0.4 is 0 Å². The van der Waals surface area contributed by atoms with Crippen molar-refractivity contribution in [2.24, 2.45) is 23.2 Å². The van der Waals surface area contributed by atoms with E-state index in [-0.39, 0.29) is 0 Å². The average molecular weight is 325 g/mol. The number of hydrogen-bond acceptors (Lipinski definition) is 0. The van der Waals surface area contributed by atoms with Crippen LogP contribution in [0.2, 0.25) is 0 Å². The molecule has 4 atom stereocenters. The van der Waals surface area contributed by atoms with Crippen molar-refractivity contribution in [2.75, 3.05) is 0 Å². The summed E-state index contributed by atoms with van der Waals surface area (Å²) < 4.78 is 0. The van der Waals surface area contributed by atoms with Gasteiger partial charge in [-0.2, -0.15) is 0 Å². The van der Waals surface area contributed by atoms with Crippen LogP contribution in [0.3, 0.4) is 0 Å². The SMILES string of the molecule is CC=C1C(=CCCCC)C(C)C(C)(CC)C2C=CC=C(C)C=CC12. The Morgan fingerprint density at radius 2 is 1.92 bits per heavy atom. The lowest BCUT2D eigenvalue weighted by Gasteiger charge is -2.51. The van der Waals surface area contributed by atoms with E-state index in [1.165, 1.54) is 31.3 Å². The van der Waals surface area contributed by atoms with E-state index in [2.05, 4.69) is 84.1 Å². The molecule has 0 saturated heterocycles. The minimum atomic E-state index is 0.315. The van der Waals surface area contributed by atoms with Gasteiger partial charge in [-0.3, -0.25) is 0 Å². The summed E-state index contributed by atoms with van der Waals surface area (Å²) in [5.41, 5.74) is 4.82.